The summed E-state index contributed by atoms with van der Waals surface area (Å²) >= 11 is 0. The van der Waals surface area contributed by atoms with Gasteiger partial charge in [-0.05, 0) is 12.0 Å². The van der Waals surface area contributed by atoms with Crippen molar-refractivity contribution in [2.24, 2.45) is 11.7 Å². The molecule has 0 saturated carbocycles. The predicted octanol–water partition coefficient (Wildman–Crippen LogP) is 2.66. The maximum atomic E-state index is 6.13. The van der Waals surface area contributed by atoms with Crippen LogP contribution in [0.3, 0.4) is 0 Å². The summed E-state index contributed by atoms with van der Waals surface area (Å²) in [6.45, 7) is 4.03. The minimum Gasteiger partial charge on any atom is -0.369 e. The SMILES string of the molecule is C=C(NC(N)C1C=CC=CC1)c1ccccc1. The molecule has 3 N–H and O–H groups in total. The highest BCUT2D eigenvalue weighted by atomic mass is 15.0. The van der Waals surface area contributed by atoms with Crippen molar-refractivity contribution in [3.8, 4) is 0 Å². The van der Waals surface area contributed by atoms with Crippen molar-refractivity contribution in [3.05, 3.63) is 66.8 Å². The molecule has 2 unspecified atom stereocenters. The lowest BCUT2D eigenvalue weighted by Crippen LogP contribution is -2.42. The van der Waals surface area contributed by atoms with Gasteiger partial charge in [0.1, 0.15) is 0 Å². The Balaban J connectivity index is 1.95. The highest BCUT2D eigenvalue weighted by Crippen LogP contribution is 2.16. The van der Waals surface area contributed by atoms with Crippen LogP contribution in [-0.4, -0.2) is 6.17 Å². The van der Waals surface area contributed by atoms with E-state index >= 15 is 0 Å². The van der Waals surface area contributed by atoms with E-state index in [9.17, 15) is 0 Å². The Bertz CT molecular complexity index is 431. The summed E-state index contributed by atoms with van der Waals surface area (Å²) in [6, 6.07) is 10.0. The summed E-state index contributed by atoms with van der Waals surface area (Å²) < 4.78 is 0. The molecule has 88 valence electrons. The van der Waals surface area contributed by atoms with Crippen LogP contribution in [0.1, 0.15) is 12.0 Å². The van der Waals surface area contributed by atoms with Gasteiger partial charge in [-0.1, -0.05) is 61.2 Å². The molecule has 0 heterocycles. The first-order chi connectivity index (χ1) is 8.27. The molecule has 2 atom stereocenters. The zero-order chi connectivity index (χ0) is 12.1. The number of nitrogens with one attached hydrogen (secondary N) is 1. The maximum Gasteiger partial charge on any atom is 0.0810 e. The predicted molar refractivity (Wildman–Crippen MR) is 73.0 cm³/mol. The van der Waals surface area contributed by atoms with E-state index in [1.165, 1.54) is 0 Å². The van der Waals surface area contributed by atoms with E-state index < -0.39 is 0 Å². The molecule has 0 bridgehead atoms. The Kier molecular flexibility index (Phi) is 3.78. The van der Waals surface area contributed by atoms with E-state index in [1.807, 2.05) is 36.4 Å². The number of hydrogen-bond donors (Lipinski definition) is 2. The van der Waals surface area contributed by atoms with Gasteiger partial charge in [0.25, 0.3) is 0 Å². The second kappa shape index (κ2) is 5.51. The Hall–Kier alpha value is -1.80. The van der Waals surface area contributed by atoms with Gasteiger partial charge in [-0.3, -0.25) is 0 Å². The van der Waals surface area contributed by atoms with Gasteiger partial charge >= 0.3 is 0 Å². The average molecular weight is 226 g/mol. The van der Waals surface area contributed by atoms with Gasteiger partial charge in [-0.25, -0.2) is 0 Å². The van der Waals surface area contributed by atoms with Crippen LogP contribution in [0.4, 0.5) is 0 Å². The van der Waals surface area contributed by atoms with Crippen molar-refractivity contribution in [2.45, 2.75) is 12.6 Å². The lowest BCUT2D eigenvalue weighted by Gasteiger charge is -2.24. The topological polar surface area (TPSA) is 38.0 Å². The first-order valence-corrected chi connectivity index (χ1v) is 5.87. The molecule has 2 nitrogen and oxygen atoms in total. The van der Waals surface area contributed by atoms with Crippen LogP contribution in [0.2, 0.25) is 0 Å². The van der Waals surface area contributed by atoms with Gasteiger partial charge in [0.05, 0.1) is 6.17 Å². The second-order valence-electron chi connectivity index (χ2n) is 4.23. The number of allylic oxidation sites excluding steroid dienone is 3. The standard InChI is InChI=1S/C15H18N2/c1-12(13-8-4-2-5-9-13)17-15(16)14-10-6-3-7-11-14/h2-10,14-15,17H,1,11,16H2. The summed E-state index contributed by atoms with van der Waals surface area (Å²) in [5.41, 5.74) is 8.09. The average Bonchev–Trinajstić information content (AvgIpc) is 2.40. The first kappa shape index (κ1) is 11.7. The summed E-state index contributed by atoms with van der Waals surface area (Å²) in [5, 5.41) is 3.26. The fraction of sp³-hybridized carbons (Fsp3) is 0.200. The molecular formula is C15H18N2. The van der Waals surface area contributed by atoms with Crippen molar-refractivity contribution in [3.63, 3.8) is 0 Å². The number of hydrogen-bond acceptors (Lipinski definition) is 2. The molecule has 0 saturated heterocycles. The molecule has 2 heteroatoms. The number of benzene rings is 1. The van der Waals surface area contributed by atoms with Gasteiger partial charge in [0.15, 0.2) is 0 Å². The minimum absolute atomic E-state index is 0.0936. The van der Waals surface area contributed by atoms with Crippen LogP contribution in [0.25, 0.3) is 5.70 Å². The van der Waals surface area contributed by atoms with Gasteiger partial charge in [0.2, 0.25) is 0 Å². The summed E-state index contributed by atoms with van der Waals surface area (Å²) in [4.78, 5) is 0. The van der Waals surface area contributed by atoms with Crippen molar-refractivity contribution >= 4 is 5.70 Å². The van der Waals surface area contributed by atoms with E-state index in [-0.39, 0.29) is 6.17 Å². The van der Waals surface area contributed by atoms with Crippen LogP contribution in [0, 0.1) is 5.92 Å². The molecule has 1 aromatic rings. The summed E-state index contributed by atoms with van der Waals surface area (Å²) in [7, 11) is 0. The molecule has 17 heavy (non-hydrogen) atoms. The molecule has 0 aromatic heterocycles. The number of nitrogens with two attached hydrogens (primary N) is 1. The van der Waals surface area contributed by atoms with Crippen LogP contribution in [-0.2, 0) is 0 Å². The highest BCUT2D eigenvalue weighted by Gasteiger charge is 2.15. The fourth-order valence-electron chi connectivity index (χ4n) is 1.90. The lowest BCUT2D eigenvalue weighted by molar-refractivity contribution is 0.470. The highest BCUT2D eigenvalue weighted by molar-refractivity contribution is 5.61. The Labute approximate surface area is 103 Å². The van der Waals surface area contributed by atoms with Crippen molar-refractivity contribution in [1.29, 1.82) is 0 Å². The first-order valence-electron chi connectivity index (χ1n) is 5.87. The Morgan fingerprint density at radius 3 is 2.71 bits per heavy atom. The molecule has 0 aliphatic heterocycles. The lowest BCUT2D eigenvalue weighted by atomic mass is 9.97. The summed E-state index contributed by atoms with van der Waals surface area (Å²) in [6.07, 6.45) is 9.25. The number of rotatable bonds is 4. The molecular weight excluding hydrogens is 208 g/mol. The normalized spacial score (nSPS) is 19.9. The smallest absolute Gasteiger partial charge is 0.0810 e. The van der Waals surface area contributed by atoms with Crippen molar-refractivity contribution in [2.75, 3.05) is 0 Å². The van der Waals surface area contributed by atoms with Crippen molar-refractivity contribution in [1.82, 2.24) is 5.32 Å². The third kappa shape index (κ3) is 3.08. The molecule has 1 aliphatic carbocycles. The van der Waals surface area contributed by atoms with E-state index in [0.29, 0.717) is 5.92 Å². The molecule has 1 aliphatic rings. The molecule has 0 radical (unpaired) electrons. The monoisotopic (exact) mass is 226 g/mol. The molecule has 2 rings (SSSR count). The summed E-state index contributed by atoms with van der Waals surface area (Å²) in [5.74, 6) is 0.334. The molecule has 0 spiro atoms. The van der Waals surface area contributed by atoms with Crippen LogP contribution in [0.15, 0.2) is 61.2 Å². The van der Waals surface area contributed by atoms with Gasteiger partial charge < -0.3 is 11.1 Å². The zero-order valence-corrected chi connectivity index (χ0v) is 9.84. The van der Waals surface area contributed by atoms with E-state index in [1.54, 1.807) is 0 Å². The maximum absolute atomic E-state index is 6.13. The molecule has 0 fully saturated rings. The van der Waals surface area contributed by atoms with Crippen LogP contribution in [0.5, 0.6) is 0 Å². The van der Waals surface area contributed by atoms with Crippen LogP contribution >= 0.6 is 0 Å². The van der Waals surface area contributed by atoms with Crippen LogP contribution < -0.4 is 11.1 Å². The quantitative estimate of drug-likeness (QED) is 0.775. The second-order valence-corrected chi connectivity index (χ2v) is 4.23. The Morgan fingerprint density at radius 2 is 2.06 bits per heavy atom. The largest absolute Gasteiger partial charge is 0.369 e. The van der Waals surface area contributed by atoms with E-state index in [2.05, 4.69) is 30.1 Å². The van der Waals surface area contributed by atoms with Crippen molar-refractivity contribution < 1.29 is 0 Å². The van der Waals surface area contributed by atoms with Gasteiger partial charge in [-0.15, -0.1) is 0 Å². The van der Waals surface area contributed by atoms with E-state index in [0.717, 1.165) is 17.7 Å². The third-order valence-electron chi connectivity index (χ3n) is 2.94. The van der Waals surface area contributed by atoms with E-state index in [4.69, 9.17) is 5.73 Å². The molecule has 0 amide bonds. The fourth-order valence-corrected chi connectivity index (χ4v) is 1.90. The zero-order valence-electron chi connectivity index (χ0n) is 9.84. The molecule has 1 aromatic carbocycles. The van der Waals surface area contributed by atoms with Gasteiger partial charge in [-0.2, -0.15) is 0 Å². The Morgan fingerprint density at radius 1 is 1.29 bits per heavy atom. The van der Waals surface area contributed by atoms with Gasteiger partial charge in [0, 0.05) is 11.6 Å². The minimum atomic E-state index is -0.0936. The third-order valence-corrected chi connectivity index (χ3v) is 2.94.